The summed E-state index contributed by atoms with van der Waals surface area (Å²) in [6.07, 6.45) is 0.397. The maximum Gasteiger partial charge on any atom is 0.413 e. The molecular formula is C33H28FN3O4. The number of aliphatic hydroxyl groups is 1. The first-order chi connectivity index (χ1) is 19.9. The molecule has 0 spiro atoms. The number of hydrogen-bond donors (Lipinski definition) is 2. The van der Waals surface area contributed by atoms with E-state index in [-0.39, 0.29) is 5.75 Å². The van der Waals surface area contributed by atoms with Gasteiger partial charge in [-0.15, -0.1) is 0 Å². The molecule has 0 saturated heterocycles. The van der Waals surface area contributed by atoms with Crippen LogP contribution in [0.25, 0.3) is 22.6 Å². The first-order valence-electron chi connectivity index (χ1n) is 13.3. The largest absolute Gasteiger partial charge is 0.421 e. The van der Waals surface area contributed by atoms with E-state index in [4.69, 9.17) is 9.15 Å². The summed E-state index contributed by atoms with van der Waals surface area (Å²) in [5.74, 6) is 0.315. The molecule has 0 fully saturated rings. The summed E-state index contributed by atoms with van der Waals surface area (Å²) in [6.45, 7) is 0.517. The van der Waals surface area contributed by atoms with Crippen molar-refractivity contribution in [3.8, 4) is 28.3 Å². The van der Waals surface area contributed by atoms with Gasteiger partial charge in [0.05, 0.1) is 18.3 Å². The van der Waals surface area contributed by atoms with E-state index >= 15 is 0 Å². The molecule has 0 saturated carbocycles. The minimum absolute atomic E-state index is 0.188. The Hall–Kier alpha value is -4.95. The quantitative estimate of drug-likeness (QED) is 0.240. The molecule has 7 nitrogen and oxygen atoms in total. The van der Waals surface area contributed by atoms with Gasteiger partial charge in [-0.05, 0) is 52.1 Å². The average molecular weight is 550 g/mol. The summed E-state index contributed by atoms with van der Waals surface area (Å²) in [7, 11) is 1.90. The maximum atomic E-state index is 14.8. The van der Waals surface area contributed by atoms with Gasteiger partial charge in [-0.2, -0.15) is 0 Å². The van der Waals surface area contributed by atoms with Gasteiger partial charge in [0.2, 0.25) is 11.8 Å². The molecular weight excluding hydrogens is 521 g/mol. The van der Waals surface area contributed by atoms with E-state index in [2.05, 4.69) is 10.3 Å². The van der Waals surface area contributed by atoms with Gasteiger partial charge in [0.1, 0.15) is 0 Å². The zero-order valence-corrected chi connectivity index (χ0v) is 22.3. The van der Waals surface area contributed by atoms with Crippen molar-refractivity contribution < 1.29 is 23.4 Å². The third-order valence-corrected chi connectivity index (χ3v) is 7.18. The third kappa shape index (κ3) is 5.69. The standard InChI is InChI=1S/C33H28FN3O4/c1-37(30-19-35-32(41-30)23-10-6-3-7-11-23)20-21-12-13-25-18-28(38)31(26(25)16-21)36-33(39)40-29-15-14-24(17-27(29)34)22-8-4-2-5-9-22/h2-17,19,28,31,38H,18,20H2,1H3,(H,36,39)/t28-,31-/m1/s1. The van der Waals surface area contributed by atoms with Gasteiger partial charge in [-0.1, -0.05) is 72.8 Å². The van der Waals surface area contributed by atoms with Gasteiger partial charge < -0.3 is 24.5 Å². The van der Waals surface area contributed by atoms with Crippen molar-refractivity contribution in [2.45, 2.75) is 25.1 Å². The van der Waals surface area contributed by atoms with E-state index in [9.17, 15) is 14.3 Å². The molecule has 206 valence electrons. The van der Waals surface area contributed by atoms with Gasteiger partial charge in [0, 0.05) is 25.6 Å². The van der Waals surface area contributed by atoms with Crippen LogP contribution in [0.15, 0.2) is 108 Å². The second kappa shape index (κ2) is 11.3. The maximum absolute atomic E-state index is 14.8. The second-order valence-corrected chi connectivity index (χ2v) is 10.1. The Bertz CT molecular complexity index is 1670. The number of aromatic nitrogens is 1. The number of fused-ring (bicyclic) bond motifs is 1. The van der Waals surface area contributed by atoms with Crippen molar-refractivity contribution in [2.24, 2.45) is 0 Å². The number of carbonyl (C=O) groups is 1. The van der Waals surface area contributed by atoms with Crippen molar-refractivity contribution in [1.29, 1.82) is 0 Å². The third-order valence-electron chi connectivity index (χ3n) is 7.18. The normalized spacial score (nSPS) is 15.8. The van der Waals surface area contributed by atoms with Crippen LogP contribution in [-0.2, 0) is 13.0 Å². The summed E-state index contributed by atoms with van der Waals surface area (Å²) in [5, 5.41) is 13.4. The van der Waals surface area contributed by atoms with Crippen LogP contribution in [0.5, 0.6) is 5.75 Å². The Morgan fingerprint density at radius 1 is 1.00 bits per heavy atom. The minimum atomic E-state index is -0.842. The van der Waals surface area contributed by atoms with Gasteiger partial charge in [0.15, 0.2) is 11.6 Å². The van der Waals surface area contributed by atoms with Gasteiger partial charge in [-0.3, -0.25) is 0 Å². The van der Waals surface area contributed by atoms with Crippen molar-refractivity contribution in [1.82, 2.24) is 10.3 Å². The molecule has 4 aromatic carbocycles. The summed E-state index contributed by atoms with van der Waals surface area (Å²) < 4.78 is 26.0. The highest BCUT2D eigenvalue weighted by atomic mass is 19.1. The van der Waals surface area contributed by atoms with E-state index in [0.717, 1.165) is 27.8 Å². The van der Waals surface area contributed by atoms with Crippen molar-refractivity contribution >= 4 is 12.0 Å². The number of oxazole rings is 1. The molecule has 8 heteroatoms. The van der Waals surface area contributed by atoms with Crippen LogP contribution in [0.3, 0.4) is 0 Å². The number of benzene rings is 4. The van der Waals surface area contributed by atoms with E-state index in [1.54, 1.807) is 12.3 Å². The van der Waals surface area contributed by atoms with Crippen molar-refractivity contribution in [2.75, 3.05) is 11.9 Å². The van der Waals surface area contributed by atoms with Crippen LogP contribution in [0.2, 0.25) is 0 Å². The van der Waals surface area contributed by atoms with E-state index in [1.165, 1.54) is 12.1 Å². The predicted octanol–water partition coefficient (Wildman–Crippen LogP) is 6.53. The van der Waals surface area contributed by atoms with Crippen LogP contribution in [0.1, 0.15) is 22.7 Å². The lowest BCUT2D eigenvalue weighted by molar-refractivity contribution is 0.133. The average Bonchev–Trinajstić information content (AvgIpc) is 3.60. The highest BCUT2D eigenvalue weighted by Crippen LogP contribution is 2.34. The van der Waals surface area contributed by atoms with Crippen LogP contribution < -0.4 is 15.0 Å². The molecule has 1 amide bonds. The SMILES string of the molecule is CN(Cc1ccc2c(c1)[C@@H](NC(=O)Oc1ccc(-c3ccccc3)cc1F)[C@H](O)C2)c1cnc(-c2ccccc2)o1. The molecule has 2 atom stereocenters. The lowest BCUT2D eigenvalue weighted by Crippen LogP contribution is -2.36. The van der Waals surface area contributed by atoms with Crippen molar-refractivity contribution in [3.05, 3.63) is 126 Å². The molecule has 1 aliphatic rings. The topological polar surface area (TPSA) is 87.8 Å². The first kappa shape index (κ1) is 26.3. The van der Waals surface area contributed by atoms with Crippen LogP contribution >= 0.6 is 0 Å². The fraction of sp³-hybridized carbons (Fsp3) is 0.152. The molecule has 1 aliphatic carbocycles. The second-order valence-electron chi connectivity index (χ2n) is 10.1. The van der Waals surface area contributed by atoms with Gasteiger partial charge in [-0.25, -0.2) is 14.2 Å². The summed E-state index contributed by atoms with van der Waals surface area (Å²) in [6, 6.07) is 28.7. The number of rotatable bonds is 7. The van der Waals surface area contributed by atoms with Crippen LogP contribution in [-0.4, -0.2) is 29.3 Å². The molecule has 0 bridgehead atoms. The monoisotopic (exact) mass is 549 g/mol. The Morgan fingerprint density at radius 3 is 2.46 bits per heavy atom. The van der Waals surface area contributed by atoms with E-state index < -0.39 is 24.1 Å². The number of nitrogens with one attached hydrogen (secondary N) is 1. The number of amides is 1. The highest BCUT2D eigenvalue weighted by molar-refractivity contribution is 5.72. The lowest BCUT2D eigenvalue weighted by atomic mass is 10.0. The molecule has 2 N–H and O–H groups in total. The zero-order chi connectivity index (χ0) is 28.3. The number of aliphatic hydroxyl groups excluding tert-OH is 1. The predicted molar refractivity (Wildman–Crippen MR) is 154 cm³/mol. The molecule has 1 heterocycles. The summed E-state index contributed by atoms with van der Waals surface area (Å²) in [4.78, 5) is 19.1. The van der Waals surface area contributed by atoms with Gasteiger partial charge in [0.25, 0.3) is 0 Å². The molecule has 0 unspecified atom stereocenters. The molecule has 5 aromatic rings. The number of hydrogen-bond acceptors (Lipinski definition) is 6. The lowest BCUT2D eigenvalue weighted by Gasteiger charge is -2.20. The van der Waals surface area contributed by atoms with E-state index in [0.29, 0.717) is 30.3 Å². The van der Waals surface area contributed by atoms with Crippen molar-refractivity contribution in [3.63, 3.8) is 0 Å². The number of anilines is 1. The Labute approximate surface area is 236 Å². The summed E-state index contributed by atoms with van der Waals surface area (Å²) in [5.41, 5.74) is 5.11. The number of carbonyl (C=O) groups excluding carboxylic acids is 1. The Kier molecular flexibility index (Phi) is 7.22. The van der Waals surface area contributed by atoms with E-state index in [1.807, 2.05) is 90.8 Å². The molecule has 1 aromatic heterocycles. The number of halogens is 1. The fourth-order valence-corrected chi connectivity index (χ4v) is 5.10. The number of ether oxygens (including phenoxy) is 1. The van der Waals surface area contributed by atoms with Crippen LogP contribution in [0, 0.1) is 5.82 Å². The first-order valence-corrected chi connectivity index (χ1v) is 13.3. The van der Waals surface area contributed by atoms with Gasteiger partial charge >= 0.3 is 6.09 Å². The Morgan fingerprint density at radius 2 is 1.73 bits per heavy atom. The number of nitrogens with zero attached hydrogens (tertiary/aromatic N) is 2. The summed E-state index contributed by atoms with van der Waals surface area (Å²) >= 11 is 0. The molecule has 6 rings (SSSR count). The Balaban J connectivity index is 1.13. The highest BCUT2D eigenvalue weighted by Gasteiger charge is 2.33. The smallest absolute Gasteiger partial charge is 0.413 e. The molecule has 0 aliphatic heterocycles. The molecule has 0 radical (unpaired) electrons. The minimum Gasteiger partial charge on any atom is -0.421 e. The van der Waals surface area contributed by atoms with Crippen LogP contribution in [0.4, 0.5) is 15.1 Å². The zero-order valence-electron chi connectivity index (χ0n) is 22.3. The molecule has 41 heavy (non-hydrogen) atoms. The fourth-order valence-electron chi connectivity index (χ4n) is 5.10.